The van der Waals surface area contributed by atoms with Gasteiger partial charge in [0.1, 0.15) is 0 Å². The van der Waals surface area contributed by atoms with Gasteiger partial charge >= 0.3 is 6.03 Å². The molecule has 3 amide bonds. The van der Waals surface area contributed by atoms with Gasteiger partial charge in [0.25, 0.3) is 0 Å². The molecule has 0 aromatic carbocycles. The third-order valence-electron chi connectivity index (χ3n) is 4.79. The summed E-state index contributed by atoms with van der Waals surface area (Å²) in [6.07, 6.45) is 7.46. The van der Waals surface area contributed by atoms with E-state index < -0.39 is 0 Å². The molecule has 0 spiro atoms. The van der Waals surface area contributed by atoms with Crippen molar-refractivity contribution in [3.8, 4) is 5.75 Å². The van der Waals surface area contributed by atoms with Crippen LogP contribution in [0.25, 0.3) is 0 Å². The molecular formula is C17H24N4O3. The molecule has 0 bridgehead atoms. The number of pyridine rings is 1. The lowest BCUT2D eigenvalue weighted by Gasteiger charge is -2.32. The SMILES string of the molecule is O=C(Nc1ncccc1O)C1CCCN(C(=O)NC2CCCC2)C1. The Kier molecular flexibility index (Phi) is 5.17. The van der Waals surface area contributed by atoms with E-state index >= 15 is 0 Å². The van der Waals surface area contributed by atoms with E-state index in [1.54, 1.807) is 11.0 Å². The van der Waals surface area contributed by atoms with Gasteiger partial charge < -0.3 is 20.6 Å². The number of hydrogen-bond donors (Lipinski definition) is 3. The Labute approximate surface area is 141 Å². The van der Waals surface area contributed by atoms with Crippen molar-refractivity contribution in [3.63, 3.8) is 0 Å². The van der Waals surface area contributed by atoms with Gasteiger partial charge in [-0.2, -0.15) is 0 Å². The minimum atomic E-state index is -0.283. The number of anilines is 1. The van der Waals surface area contributed by atoms with E-state index in [1.165, 1.54) is 25.1 Å². The fourth-order valence-electron chi connectivity index (χ4n) is 3.42. The van der Waals surface area contributed by atoms with Gasteiger partial charge in [-0.25, -0.2) is 9.78 Å². The molecule has 0 radical (unpaired) electrons. The summed E-state index contributed by atoms with van der Waals surface area (Å²) in [6, 6.07) is 3.28. The van der Waals surface area contributed by atoms with Crippen molar-refractivity contribution in [1.29, 1.82) is 0 Å². The molecule has 3 rings (SSSR count). The Hall–Kier alpha value is -2.31. The number of carbonyl (C=O) groups excluding carboxylic acids is 2. The average molecular weight is 332 g/mol. The Bertz CT molecular complexity index is 601. The normalized spacial score (nSPS) is 21.5. The minimum Gasteiger partial charge on any atom is -0.504 e. The van der Waals surface area contributed by atoms with Crippen molar-refractivity contribution in [1.82, 2.24) is 15.2 Å². The summed E-state index contributed by atoms with van der Waals surface area (Å²) in [5.74, 6) is -0.385. The Morgan fingerprint density at radius 3 is 2.75 bits per heavy atom. The van der Waals surface area contributed by atoms with Crippen LogP contribution in [0.2, 0.25) is 0 Å². The monoisotopic (exact) mass is 332 g/mol. The highest BCUT2D eigenvalue weighted by Gasteiger charge is 2.30. The van der Waals surface area contributed by atoms with E-state index in [-0.39, 0.29) is 35.5 Å². The van der Waals surface area contributed by atoms with E-state index in [9.17, 15) is 14.7 Å². The zero-order valence-electron chi connectivity index (χ0n) is 13.7. The van der Waals surface area contributed by atoms with Gasteiger partial charge in [0.2, 0.25) is 5.91 Å². The minimum absolute atomic E-state index is 0.0579. The third-order valence-corrected chi connectivity index (χ3v) is 4.79. The smallest absolute Gasteiger partial charge is 0.317 e. The summed E-state index contributed by atoms with van der Waals surface area (Å²) in [4.78, 5) is 30.5. The van der Waals surface area contributed by atoms with Gasteiger partial charge in [0.05, 0.1) is 5.92 Å². The van der Waals surface area contributed by atoms with Crippen LogP contribution >= 0.6 is 0 Å². The van der Waals surface area contributed by atoms with Crippen LogP contribution in [-0.2, 0) is 4.79 Å². The Morgan fingerprint density at radius 2 is 2.00 bits per heavy atom. The maximum Gasteiger partial charge on any atom is 0.317 e. The third kappa shape index (κ3) is 3.96. The van der Waals surface area contributed by atoms with Crippen LogP contribution in [-0.4, -0.2) is 46.1 Å². The molecule has 1 unspecified atom stereocenters. The zero-order chi connectivity index (χ0) is 16.9. The number of aromatic nitrogens is 1. The van der Waals surface area contributed by atoms with Crippen molar-refractivity contribution < 1.29 is 14.7 Å². The first kappa shape index (κ1) is 16.5. The molecule has 1 aromatic rings. The van der Waals surface area contributed by atoms with Gasteiger partial charge in [0, 0.05) is 25.3 Å². The molecule has 1 atom stereocenters. The first-order valence-corrected chi connectivity index (χ1v) is 8.64. The van der Waals surface area contributed by atoms with Gasteiger partial charge in [-0.1, -0.05) is 12.8 Å². The highest BCUT2D eigenvalue weighted by atomic mass is 16.3. The van der Waals surface area contributed by atoms with Crippen LogP contribution < -0.4 is 10.6 Å². The second-order valence-electron chi connectivity index (χ2n) is 6.58. The summed E-state index contributed by atoms with van der Waals surface area (Å²) in [5, 5.41) is 15.4. The number of hydrogen-bond acceptors (Lipinski definition) is 4. The van der Waals surface area contributed by atoms with Crippen molar-refractivity contribution in [2.24, 2.45) is 5.92 Å². The van der Waals surface area contributed by atoms with Crippen LogP contribution in [0.3, 0.4) is 0 Å². The van der Waals surface area contributed by atoms with E-state index in [0.717, 1.165) is 25.7 Å². The summed E-state index contributed by atoms with van der Waals surface area (Å²) in [6.45, 7) is 1.08. The first-order valence-electron chi connectivity index (χ1n) is 8.64. The highest BCUT2D eigenvalue weighted by Crippen LogP contribution is 2.23. The fourth-order valence-corrected chi connectivity index (χ4v) is 3.42. The fraction of sp³-hybridized carbons (Fsp3) is 0.588. The molecule has 7 heteroatoms. The van der Waals surface area contributed by atoms with Crippen LogP contribution in [0.5, 0.6) is 5.75 Å². The van der Waals surface area contributed by atoms with Crippen molar-refractivity contribution >= 4 is 17.8 Å². The van der Waals surface area contributed by atoms with Crippen molar-refractivity contribution in [2.75, 3.05) is 18.4 Å². The summed E-state index contributed by atoms with van der Waals surface area (Å²) in [5.41, 5.74) is 0. The molecule has 2 fully saturated rings. The highest BCUT2D eigenvalue weighted by molar-refractivity contribution is 5.93. The number of piperidine rings is 1. The standard InChI is InChI=1S/C17H24N4O3/c22-14-8-3-9-18-15(14)20-16(23)12-5-4-10-21(11-12)17(24)19-13-6-1-2-7-13/h3,8-9,12-13,22H,1-2,4-7,10-11H2,(H,19,24)(H,18,20,23). The lowest BCUT2D eigenvalue weighted by atomic mass is 9.97. The van der Waals surface area contributed by atoms with Crippen LogP contribution in [0, 0.1) is 5.92 Å². The quantitative estimate of drug-likeness (QED) is 0.790. The molecule has 1 aromatic heterocycles. The number of likely N-dealkylation sites (tertiary alicyclic amines) is 1. The molecule has 24 heavy (non-hydrogen) atoms. The number of rotatable bonds is 3. The molecule has 130 valence electrons. The Balaban J connectivity index is 1.55. The average Bonchev–Trinajstić information content (AvgIpc) is 3.10. The van der Waals surface area contributed by atoms with Crippen LogP contribution in [0.4, 0.5) is 10.6 Å². The molecule has 2 aliphatic rings. The number of urea groups is 1. The lowest BCUT2D eigenvalue weighted by Crippen LogP contribution is -2.49. The number of carbonyl (C=O) groups is 2. The molecule has 1 saturated carbocycles. The number of amides is 3. The predicted molar refractivity (Wildman–Crippen MR) is 89.6 cm³/mol. The van der Waals surface area contributed by atoms with Crippen LogP contribution in [0.1, 0.15) is 38.5 Å². The van der Waals surface area contributed by atoms with E-state index in [4.69, 9.17) is 0 Å². The Morgan fingerprint density at radius 1 is 1.21 bits per heavy atom. The van der Waals surface area contributed by atoms with Gasteiger partial charge in [-0.05, 0) is 37.8 Å². The van der Waals surface area contributed by atoms with Gasteiger partial charge in [0.15, 0.2) is 11.6 Å². The maximum atomic E-state index is 12.4. The zero-order valence-corrected chi connectivity index (χ0v) is 13.7. The second-order valence-corrected chi connectivity index (χ2v) is 6.58. The van der Waals surface area contributed by atoms with Crippen molar-refractivity contribution in [3.05, 3.63) is 18.3 Å². The van der Waals surface area contributed by atoms with E-state index in [0.29, 0.717) is 13.1 Å². The van der Waals surface area contributed by atoms with Crippen molar-refractivity contribution in [2.45, 2.75) is 44.6 Å². The summed E-state index contributed by atoms with van der Waals surface area (Å²) >= 11 is 0. The first-order chi connectivity index (χ1) is 11.6. The van der Waals surface area contributed by atoms with Crippen LogP contribution in [0.15, 0.2) is 18.3 Å². The predicted octanol–water partition coefficient (Wildman–Crippen LogP) is 2.09. The number of aromatic hydroxyl groups is 1. The largest absolute Gasteiger partial charge is 0.504 e. The van der Waals surface area contributed by atoms with Gasteiger partial charge in [-0.3, -0.25) is 4.79 Å². The molecule has 2 heterocycles. The molecule has 3 N–H and O–H groups in total. The maximum absolute atomic E-state index is 12.4. The molecule has 1 saturated heterocycles. The van der Waals surface area contributed by atoms with E-state index in [1.807, 2.05) is 0 Å². The summed E-state index contributed by atoms with van der Waals surface area (Å²) in [7, 11) is 0. The van der Waals surface area contributed by atoms with E-state index in [2.05, 4.69) is 15.6 Å². The lowest BCUT2D eigenvalue weighted by molar-refractivity contribution is -0.121. The summed E-state index contributed by atoms with van der Waals surface area (Å²) < 4.78 is 0. The topological polar surface area (TPSA) is 94.6 Å². The molecule has 7 nitrogen and oxygen atoms in total. The molecule has 1 aliphatic carbocycles. The number of nitrogens with one attached hydrogen (secondary N) is 2. The second kappa shape index (κ2) is 7.51. The van der Waals surface area contributed by atoms with Gasteiger partial charge in [-0.15, -0.1) is 0 Å². The molecular weight excluding hydrogens is 308 g/mol. The number of nitrogens with zero attached hydrogens (tertiary/aromatic N) is 2. The molecule has 1 aliphatic heterocycles.